The Hall–Kier alpha value is -3.48. The summed E-state index contributed by atoms with van der Waals surface area (Å²) in [5.74, 6) is -0.898. The van der Waals surface area contributed by atoms with Crippen molar-refractivity contribution in [3.05, 3.63) is 99.6 Å². The zero-order valence-electron chi connectivity index (χ0n) is 26.0. The number of nitrogens with zero attached hydrogens (tertiary/aromatic N) is 1. The molecule has 228 valence electrons. The highest BCUT2D eigenvalue weighted by Gasteiger charge is 2.47. The van der Waals surface area contributed by atoms with E-state index in [1.54, 1.807) is 0 Å². The molecule has 1 fully saturated rings. The van der Waals surface area contributed by atoms with Crippen LogP contribution in [-0.2, 0) is 40.0 Å². The number of carbonyl (C=O) groups is 2. The minimum atomic E-state index is -0.830. The molecule has 3 aromatic rings. The maximum atomic E-state index is 13.7. The third-order valence-corrected chi connectivity index (χ3v) is 9.10. The zero-order chi connectivity index (χ0) is 30.5. The topological polar surface area (TPSA) is 76.1 Å². The van der Waals surface area contributed by atoms with Crippen molar-refractivity contribution in [3.63, 3.8) is 0 Å². The van der Waals surface area contributed by atoms with Crippen molar-refractivity contribution in [1.82, 2.24) is 4.90 Å². The minimum Gasteiger partial charge on any atom is -0.491 e. The summed E-state index contributed by atoms with van der Waals surface area (Å²) in [5.41, 5.74) is 8.07. The van der Waals surface area contributed by atoms with Crippen LogP contribution in [-0.4, -0.2) is 54.2 Å². The van der Waals surface area contributed by atoms with Gasteiger partial charge in [0.05, 0.1) is 25.2 Å². The molecule has 0 spiro atoms. The van der Waals surface area contributed by atoms with E-state index in [9.17, 15) is 14.7 Å². The predicted octanol–water partition coefficient (Wildman–Crippen LogP) is 6.50. The molecule has 43 heavy (non-hydrogen) atoms. The van der Waals surface area contributed by atoms with Gasteiger partial charge in [-0.05, 0) is 97.5 Å². The van der Waals surface area contributed by atoms with Crippen LogP contribution in [0.1, 0.15) is 78.1 Å². The molecule has 3 atom stereocenters. The molecule has 0 aromatic heterocycles. The molecule has 1 aliphatic carbocycles. The fourth-order valence-corrected chi connectivity index (χ4v) is 6.98. The van der Waals surface area contributed by atoms with Gasteiger partial charge in [0.1, 0.15) is 12.4 Å². The van der Waals surface area contributed by atoms with Crippen LogP contribution < -0.4 is 4.74 Å². The highest BCUT2D eigenvalue weighted by atomic mass is 16.5. The van der Waals surface area contributed by atoms with Crippen LogP contribution in [0, 0.1) is 12.8 Å². The molecule has 0 amide bonds. The van der Waals surface area contributed by atoms with E-state index in [4.69, 9.17) is 9.47 Å². The van der Waals surface area contributed by atoms with Crippen LogP contribution in [0.3, 0.4) is 0 Å². The molecule has 1 saturated heterocycles. The molecular weight excluding hydrogens is 538 g/mol. The summed E-state index contributed by atoms with van der Waals surface area (Å²) >= 11 is 0. The lowest BCUT2D eigenvalue weighted by Crippen LogP contribution is -2.33. The molecule has 1 N–H and O–H groups in total. The highest BCUT2D eigenvalue weighted by Crippen LogP contribution is 2.46. The van der Waals surface area contributed by atoms with Gasteiger partial charge in [0.25, 0.3) is 0 Å². The Morgan fingerprint density at radius 1 is 0.977 bits per heavy atom. The van der Waals surface area contributed by atoms with Gasteiger partial charge in [0.15, 0.2) is 5.78 Å². The summed E-state index contributed by atoms with van der Waals surface area (Å²) in [6, 6.07) is 20.0. The number of Topliss-reactive ketones (excluding diaryl/α,β-unsaturated/α-hetero) is 1. The number of likely N-dealkylation sites (tertiary alicyclic amines) is 1. The monoisotopic (exact) mass is 583 g/mol. The minimum absolute atomic E-state index is 0.109. The van der Waals surface area contributed by atoms with Gasteiger partial charge >= 0.3 is 5.97 Å². The van der Waals surface area contributed by atoms with Gasteiger partial charge in [-0.15, -0.1) is 0 Å². The molecule has 1 aliphatic heterocycles. The Balaban J connectivity index is 1.42. The van der Waals surface area contributed by atoms with Gasteiger partial charge in [-0.1, -0.05) is 55.5 Å². The van der Waals surface area contributed by atoms with Crippen molar-refractivity contribution in [3.8, 4) is 5.75 Å². The van der Waals surface area contributed by atoms with E-state index in [2.05, 4.69) is 49.1 Å². The lowest BCUT2D eigenvalue weighted by molar-refractivity contribution is -0.143. The Morgan fingerprint density at radius 2 is 1.72 bits per heavy atom. The van der Waals surface area contributed by atoms with Gasteiger partial charge < -0.3 is 14.6 Å². The largest absolute Gasteiger partial charge is 0.491 e. The maximum Gasteiger partial charge on any atom is 0.309 e. The third-order valence-electron chi connectivity index (χ3n) is 9.10. The number of hydrogen-bond acceptors (Lipinski definition) is 5. The zero-order valence-corrected chi connectivity index (χ0v) is 26.0. The van der Waals surface area contributed by atoms with Gasteiger partial charge in [-0.25, -0.2) is 0 Å². The number of aryl methyl sites for hydroxylation is 4. The molecule has 6 nitrogen and oxygen atoms in total. The van der Waals surface area contributed by atoms with Crippen LogP contribution in [0.25, 0.3) is 0 Å². The molecule has 0 bridgehead atoms. The summed E-state index contributed by atoms with van der Waals surface area (Å²) < 4.78 is 11.4. The van der Waals surface area contributed by atoms with E-state index in [1.165, 1.54) is 16.7 Å². The molecule has 1 heterocycles. The number of benzene rings is 3. The molecular formula is C37H45NO5. The highest BCUT2D eigenvalue weighted by molar-refractivity contribution is 5.84. The first-order chi connectivity index (χ1) is 20.7. The van der Waals surface area contributed by atoms with E-state index in [-0.39, 0.29) is 24.3 Å². The standard InChI is InChI=1S/C37H45NO5/c1-5-26-9-6-8-25(4)33(26)21-31(39)22-38-23-34(30-13-12-27-10-7-11-29(27)20-30)35(37(40)41)36(38)28-14-16-32(17-15-28)43-19-18-42-24(2)3/h6,8-9,12-17,20,24,34-36H,5,7,10-11,18-19,21-23H2,1-4H3,(H,40,41)/t34-,35-,36+/m1/s1. The first kappa shape index (κ1) is 31.0. The predicted molar refractivity (Wildman–Crippen MR) is 169 cm³/mol. The summed E-state index contributed by atoms with van der Waals surface area (Å²) in [7, 11) is 0. The fraction of sp³-hybridized carbons (Fsp3) is 0.459. The second-order valence-corrected chi connectivity index (χ2v) is 12.3. The first-order valence-corrected chi connectivity index (χ1v) is 15.8. The van der Waals surface area contributed by atoms with Gasteiger partial charge in [-0.3, -0.25) is 14.5 Å². The molecule has 0 saturated carbocycles. The van der Waals surface area contributed by atoms with Crippen molar-refractivity contribution in [2.24, 2.45) is 5.92 Å². The van der Waals surface area contributed by atoms with E-state index in [1.807, 2.05) is 44.2 Å². The summed E-state index contributed by atoms with van der Waals surface area (Å²) in [6.45, 7) is 9.83. The van der Waals surface area contributed by atoms with E-state index >= 15 is 0 Å². The number of aliphatic carboxylic acids is 1. The lowest BCUT2D eigenvalue weighted by atomic mass is 9.82. The normalized spacial score (nSPS) is 20.0. The van der Waals surface area contributed by atoms with Crippen LogP contribution in [0.5, 0.6) is 5.75 Å². The average Bonchev–Trinajstić information content (AvgIpc) is 3.61. The van der Waals surface area contributed by atoms with E-state index in [0.29, 0.717) is 31.9 Å². The Morgan fingerprint density at radius 3 is 2.44 bits per heavy atom. The van der Waals surface area contributed by atoms with Crippen LogP contribution in [0.4, 0.5) is 0 Å². The molecule has 6 heteroatoms. The number of carboxylic acid groups (broad SMARTS) is 1. The Kier molecular flexibility index (Phi) is 9.99. The number of carboxylic acids is 1. The quantitative estimate of drug-likeness (QED) is 0.232. The van der Waals surface area contributed by atoms with Crippen molar-refractivity contribution < 1.29 is 24.2 Å². The molecule has 5 rings (SSSR count). The summed E-state index contributed by atoms with van der Waals surface area (Å²) in [6.07, 6.45) is 4.64. The molecule has 3 aromatic carbocycles. The van der Waals surface area contributed by atoms with Crippen LogP contribution in [0.15, 0.2) is 60.7 Å². The Labute approximate surface area is 256 Å². The van der Waals surface area contributed by atoms with Gasteiger partial charge in [-0.2, -0.15) is 0 Å². The molecule has 2 aliphatic rings. The van der Waals surface area contributed by atoms with E-state index in [0.717, 1.165) is 47.9 Å². The average molecular weight is 584 g/mol. The second kappa shape index (κ2) is 13.9. The molecule has 0 radical (unpaired) electrons. The first-order valence-electron chi connectivity index (χ1n) is 15.8. The second-order valence-electron chi connectivity index (χ2n) is 12.3. The van der Waals surface area contributed by atoms with Gasteiger partial charge in [0.2, 0.25) is 0 Å². The number of carbonyl (C=O) groups excluding carboxylic acids is 1. The Bertz CT molecular complexity index is 1430. The van der Waals surface area contributed by atoms with Crippen molar-refractivity contribution in [2.45, 2.75) is 77.9 Å². The third kappa shape index (κ3) is 7.19. The smallest absolute Gasteiger partial charge is 0.309 e. The maximum absolute atomic E-state index is 13.7. The fourth-order valence-electron chi connectivity index (χ4n) is 6.98. The molecule has 0 unspecified atom stereocenters. The van der Waals surface area contributed by atoms with Crippen molar-refractivity contribution in [2.75, 3.05) is 26.3 Å². The number of hydrogen-bond donors (Lipinski definition) is 1. The SMILES string of the molecule is CCc1cccc(C)c1CC(=O)CN1C[C@H](c2ccc3c(c2)CCC3)[C@@H](C(=O)O)[C@@H]1c1ccc(OCCOC(C)C)cc1. The van der Waals surface area contributed by atoms with Crippen LogP contribution in [0.2, 0.25) is 0 Å². The summed E-state index contributed by atoms with van der Waals surface area (Å²) in [5, 5.41) is 10.7. The number of ether oxygens (including phenoxy) is 2. The van der Waals surface area contributed by atoms with Crippen LogP contribution >= 0.6 is 0 Å². The van der Waals surface area contributed by atoms with E-state index < -0.39 is 17.9 Å². The number of fused-ring (bicyclic) bond motifs is 1. The van der Waals surface area contributed by atoms with Crippen molar-refractivity contribution >= 4 is 11.8 Å². The van der Waals surface area contributed by atoms with Gasteiger partial charge in [0, 0.05) is 24.9 Å². The number of ketones is 1. The summed E-state index contributed by atoms with van der Waals surface area (Å²) in [4.78, 5) is 28.8. The number of rotatable bonds is 13. The lowest BCUT2D eigenvalue weighted by Gasteiger charge is -2.27. The van der Waals surface area contributed by atoms with Crippen molar-refractivity contribution in [1.29, 1.82) is 0 Å².